The first kappa shape index (κ1) is 14.2. The summed E-state index contributed by atoms with van der Waals surface area (Å²) in [5.41, 5.74) is 0. The van der Waals surface area contributed by atoms with E-state index in [9.17, 15) is 4.79 Å². The molecule has 1 aliphatic carbocycles. The molecule has 104 valence electrons. The van der Waals surface area contributed by atoms with Crippen LogP contribution in [0.4, 0.5) is 0 Å². The molecule has 1 N–H and O–H groups in total. The number of rotatable bonds is 7. The van der Waals surface area contributed by atoms with Gasteiger partial charge in [-0.1, -0.05) is 0 Å². The maximum atomic E-state index is 12.0. The number of carbonyl (C=O) groups is 1. The number of amides is 1. The Kier molecular flexibility index (Phi) is 5.79. The molecule has 5 heteroatoms. The third kappa shape index (κ3) is 5.16. The first-order valence-corrected chi connectivity index (χ1v) is 8.04. The highest BCUT2D eigenvalue weighted by Gasteiger charge is 2.21. The average Bonchev–Trinajstić information content (AvgIpc) is 3.19. The predicted molar refractivity (Wildman–Crippen MR) is 74.9 cm³/mol. The zero-order valence-corrected chi connectivity index (χ0v) is 12.0. The Morgan fingerprint density at radius 2 is 2.33 bits per heavy atom. The van der Waals surface area contributed by atoms with E-state index in [4.69, 9.17) is 4.74 Å². The number of carbonyl (C=O) groups excluding carboxylic acids is 1. The monoisotopic (exact) mass is 272 g/mol. The molecule has 0 aromatic heterocycles. The summed E-state index contributed by atoms with van der Waals surface area (Å²) < 4.78 is 5.55. The maximum Gasteiger partial charge on any atom is 0.223 e. The summed E-state index contributed by atoms with van der Waals surface area (Å²) in [4.78, 5) is 13.8. The van der Waals surface area contributed by atoms with E-state index in [-0.39, 0.29) is 5.91 Å². The van der Waals surface area contributed by atoms with Crippen molar-refractivity contribution >= 4 is 17.7 Å². The van der Waals surface area contributed by atoms with Crippen molar-refractivity contribution in [3.63, 3.8) is 0 Å². The number of hydrogen-bond donors (Lipinski definition) is 1. The maximum absolute atomic E-state index is 12.0. The highest BCUT2D eigenvalue weighted by molar-refractivity contribution is 7.99. The standard InChI is InChI=1S/C13H24N2O2S/c1-15(5-6-17-9-11-2-3-11)13(16)8-12-10-18-7-4-14-12/h11-12,14H,2-10H2,1H3. The summed E-state index contributed by atoms with van der Waals surface area (Å²) in [6.45, 7) is 3.29. The van der Waals surface area contributed by atoms with Gasteiger partial charge >= 0.3 is 0 Å². The molecule has 1 atom stereocenters. The third-order valence-corrected chi connectivity index (χ3v) is 4.60. The molecule has 18 heavy (non-hydrogen) atoms. The van der Waals surface area contributed by atoms with E-state index >= 15 is 0 Å². The highest BCUT2D eigenvalue weighted by atomic mass is 32.2. The molecule has 1 saturated carbocycles. The molecule has 1 heterocycles. The fourth-order valence-corrected chi connectivity index (χ4v) is 2.93. The second-order valence-corrected chi connectivity index (χ2v) is 6.41. The molecule has 0 aromatic rings. The smallest absolute Gasteiger partial charge is 0.223 e. The summed E-state index contributed by atoms with van der Waals surface area (Å²) in [5, 5.41) is 3.40. The summed E-state index contributed by atoms with van der Waals surface area (Å²) in [7, 11) is 1.87. The van der Waals surface area contributed by atoms with Crippen molar-refractivity contribution in [1.29, 1.82) is 0 Å². The Balaban J connectivity index is 1.54. The normalized spacial score (nSPS) is 23.9. The molecule has 0 radical (unpaired) electrons. The van der Waals surface area contributed by atoms with Crippen LogP contribution in [0.2, 0.25) is 0 Å². The Bertz CT molecular complexity index is 266. The molecule has 2 rings (SSSR count). The molecule has 0 spiro atoms. The quantitative estimate of drug-likeness (QED) is 0.701. The number of nitrogens with one attached hydrogen (secondary N) is 1. The number of likely N-dealkylation sites (N-methyl/N-ethyl adjacent to an activating group) is 1. The minimum absolute atomic E-state index is 0.227. The van der Waals surface area contributed by atoms with Crippen molar-refractivity contribution in [2.24, 2.45) is 5.92 Å². The lowest BCUT2D eigenvalue weighted by Crippen LogP contribution is -2.42. The molecule has 1 saturated heterocycles. The molecule has 0 bridgehead atoms. The molecule has 2 fully saturated rings. The van der Waals surface area contributed by atoms with E-state index in [1.807, 2.05) is 18.8 Å². The van der Waals surface area contributed by atoms with Crippen LogP contribution in [0.15, 0.2) is 0 Å². The van der Waals surface area contributed by atoms with Gasteiger partial charge in [0.1, 0.15) is 0 Å². The van der Waals surface area contributed by atoms with Crippen LogP contribution in [-0.2, 0) is 9.53 Å². The van der Waals surface area contributed by atoms with Crippen LogP contribution in [0.5, 0.6) is 0 Å². The number of hydrogen-bond acceptors (Lipinski definition) is 4. The molecule has 1 unspecified atom stereocenters. The lowest BCUT2D eigenvalue weighted by molar-refractivity contribution is -0.131. The van der Waals surface area contributed by atoms with Gasteiger partial charge in [-0.3, -0.25) is 4.79 Å². The van der Waals surface area contributed by atoms with E-state index < -0.39 is 0 Å². The van der Waals surface area contributed by atoms with Gasteiger partial charge < -0.3 is 15.0 Å². The van der Waals surface area contributed by atoms with E-state index in [2.05, 4.69) is 5.32 Å². The van der Waals surface area contributed by atoms with E-state index in [0.717, 1.165) is 30.6 Å². The Labute approximate surface area is 114 Å². The van der Waals surface area contributed by atoms with Crippen LogP contribution in [0.3, 0.4) is 0 Å². The van der Waals surface area contributed by atoms with Gasteiger partial charge in [0.05, 0.1) is 6.61 Å². The van der Waals surface area contributed by atoms with Gasteiger partial charge in [0.15, 0.2) is 0 Å². The van der Waals surface area contributed by atoms with Crippen molar-refractivity contribution in [1.82, 2.24) is 10.2 Å². The van der Waals surface area contributed by atoms with Gasteiger partial charge in [0, 0.05) is 50.7 Å². The minimum Gasteiger partial charge on any atom is -0.379 e. The fraction of sp³-hybridized carbons (Fsp3) is 0.923. The van der Waals surface area contributed by atoms with Gasteiger partial charge in [-0.05, 0) is 18.8 Å². The topological polar surface area (TPSA) is 41.6 Å². The summed E-state index contributed by atoms with van der Waals surface area (Å²) in [5.74, 6) is 3.24. The van der Waals surface area contributed by atoms with Gasteiger partial charge in [0.2, 0.25) is 5.91 Å². The lowest BCUT2D eigenvalue weighted by Gasteiger charge is -2.25. The van der Waals surface area contributed by atoms with Crippen LogP contribution in [0, 0.1) is 5.92 Å². The van der Waals surface area contributed by atoms with E-state index in [0.29, 0.717) is 25.6 Å². The van der Waals surface area contributed by atoms with Crippen LogP contribution >= 0.6 is 11.8 Å². The molecular formula is C13H24N2O2S. The summed E-state index contributed by atoms with van der Waals surface area (Å²) in [6, 6.07) is 0.353. The van der Waals surface area contributed by atoms with Gasteiger partial charge in [-0.25, -0.2) is 0 Å². The van der Waals surface area contributed by atoms with Crippen LogP contribution < -0.4 is 5.32 Å². The second-order valence-electron chi connectivity index (χ2n) is 5.26. The first-order chi connectivity index (χ1) is 8.75. The Morgan fingerprint density at radius 1 is 1.50 bits per heavy atom. The highest BCUT2D eigenvalue weighted by Crippen LogP contribution is 2.28. The molecule has 2 aliphatic rings. The van der Waals surface area contributed by atoms with E-state index in [1.54, 1.807) is 4.90 Å². The van der Waals surface area contributed by atoms with E-state index in [1.165, 1.54) is 12.8 Å². The third-order valence-electron chi connectivity index (χ3n) is 3.47. The summed E-state index contributed by atoms with van der Waals surface area (Å²) >= 11 is 1.93. The molecule has 0 aromatic carbocycles. The first-order valence-electron chi connectivity index (χ1n) is 6.88. The lowest BCUT2D eigenvalue weighted by atomic mass is 10.2. The van der Waals surface area contributed by atoms with Crippen molar-refractivity contribution in [3.8, 4) is 0 Å². The SMILES string of the molecule is CN(CCOCC1CC1)C(=O)CC1CSCCN1. The van der Waals surface area contributed by atoms with Gasteiger partial charge in [0.25, 0.3) is 0 Å². The van der Waals surface area contributed by atoms with Crippen molar-refractivity contribution in [2.75, 3.05) is 44.9 Å². The second kappa shape index (κ2) is 7.36. The molecule has 4 nitrogen and oxygen atoms in total. The average molecular weight is 272 g/mol. The van der Waals surface area contributed by atoms with Gasteiger partial charge in [-0.2, -0.15) is 11.8 Å². The van der Waals surface area contributed by atoms with Crippen LogP contribution in [-0.4, -0.2) is 61.7 Å². The molecule has 1 amide bonds. The van der Waals surface area contributed by atoms with Gasteiger partial charge in [-0.15, -0.1) is 0 Å². The predicted octanol–water partition coefficient (Wildman–Crippen LogP) is 0.967. The number of nitrogens with zero attached hydrogens (tertiary/aromatic N) is 1. The van der Waals surface area contributed by atoms with Crippen molar-refractivity contribution in [2.45, 2.75) is 25.3 Å². The minimum atomic E-state index is 0.227. The molecule has 1 aliphatic heterocycles. The number of ether oxygens (including phenoxy) is 1. The van der Waals surface area contributed by atoms with Crippen LogP contribution in [0.25, 0.3) is 0 Å². The van der Waals surface area contributed by atoms with Crippen LogP contribution in [0.1, 0.15) is 19.3 Å². The van der Waals surface area contributed by atoms with Crippen molar-refractivity contribution in [3.05, 3.63) is 0 Å². The Morgan fingerprint density at radius 3 is 3.00 bits per heavy atom. The Hall–Kier alpha value is -0.260. The fourth-order valence-electron chi connectivity index (χ4n) is 1.98. The number of thioether (sulfide) groups is 1. The zero-order valence-electron chi connectivity index (χ0n) is 11.2. The zero-order chi connectivity index (χ0) is 12.8. The molecular weight excluding hydrogens is 248 g/mol. The summed E-state index contributed by atoms with van der Waals surface area (Å²) in [6.07, 6.45) is 3.26. The van der Waals surface area contributed by atoms with Crippen molar-refractivity contribution < 1.29 is 9.53 Å². The largest absolute Gasteiger partial charge is 0.379 e.